The Kier molecular flexibility index (Phi) is 8.84. The van der Waals surface area contributed by atoms with E-state index in [2.05, 4.69) is 276 Å². The smallest absolute Gasteiger partial charge is 0.0725 e. The first-order chi connectivity index (χ1) is 34.2. The molecule has 1 spiro atoms. The van der Waals surface area contributed by atoms with Crippen molar-refractivity contribution in [1.82, 2.24) is 4.57 Å². The van der Waals surface area contributed by atoms with E-state index in [0.29, 0.717) is 0 Å². The monoisotopic (exact) mass is 876 g/mol. The van der Waals surface area contributed by atoms with Gasteiger partial charge in [0.15, 0.2) is 0 Å². The van der Waals surface area contributed by atoms with Gasteiger partial charge in [0.25, 0.3) is 0 Å². The van der Waals surface area contributed by atoms with Crippen LogP contribution in [-0.2, 0) is 5.41 Å². The van der Waals surface area contributed by atoms with E-state index in [9.17, 15) is 0 Å². The molecule has 0 aliphatic heterocycles. The number of fused-ring (bicyclic) bond motifs is 13. The molecule has 69 heavy (non-hydrogen) atoms. The Hall–Kier alpha value is -8.98. The van der Waals surface area contributed by atoms with Crippen molar-refractivity contribution in [3.05, 3.63) is 289 Å². The molecule has 1 heterocycles. The molecule has 2 aliphatic rings. The third kappa shape index (κ3) is 5.92. The molecule has 14 rings (SSSR count). The lowest BCUT2D eigenvalue weighted by Gasteiger charge is -2.31. The lowest BCUT2D eigenvalue weighted by Crippen LogP contribution is -2.25. The van der Waals surface area contributed by atoms with E-state index in [0.717, 1.165) is 33.8 Å². The fraction of sp³-hybridized carbons (Fsp3) is 0.0149. The number of nitrogens with zero attached hydrogens (tertiary/aromatic N) is 2. The summed E-state index contributed by atoms with van der Waals surface area (Å²) in [6.45, 7) is 0. The van der Waals surface area contributed by atoms with Crippen molar-refractivity contribution in [2.24, 2.45) is 0 Å². The average Bonchev–Trinajstić information content (AvgIpc) is 4.03. The predicted octanol–water partition coefficient (Wildman–Crippen LogP) is 17.6. The minimum atomic E-state index is -0.436. The largest absolute Gasteiger partial charge is 0.310 e. The molecule has 0 saturated heterocycles. The minimum Gasteiger partial charge on any atom is -0.310 e. The first-order valence-corrected chi connectivity index (χ1v) is 23.9. The maximum atomic E-state index is 2.50. The molecule has 2 nitrogen and oxygen atoms in total. The lowest BCUT2D eigenvalue weighted by molar-refractivity contribution is 0.794. The van der Waals surface area contributed by atoms with Crippen molar-refractivity contribution < 1.29 is 0 Å². The van der Waals surface area contributed by atoms with Gasteiger partial charge in [0.1, 0.15) is 0 Å². The van der Waals surface area contributed by atoms with Crippen LogP contribution in [0, 0.1) is 0 Å². The predicted molar refractivity (Wildman–Crippen MR) is 288 cm³/mol. The zero-order chi connectivity index (χ0) is 45.5. The van der Waals surface area contributed by atoms with Crippen molar-refractivity contribution in [1.29, 1.82) is 0 Å². The SMILES string of the molecule is c1ccc(-c2ccc(N(c3ccc4c5ccccc5n(-c5ccc(-c6ccccc6)cc5)c4c3)c3ccccc3-c3ccc4c(c3)C3(c5ccccc5-c5ccccc53)c3ccccc3-4)cc2)cc1. The van der Waals surface area contributed by atoms with E-state index in [1.807, 2.05) is 0 Å². The average molecular weight is 877 g/mol. The van der Waals surface area contributed by atoms with Gasteiger partial charge in [0.2, 0.25) is 0 Å². The second-order valence-electron chi connectivity index (χ2n) is 18.4. The topological polar surface area (TPSA) is 8.17 Å². The maximum absolute atomic E-state index is 2.50. The molecule has 1 aromatic heterocycles. The first kappa shape index (κ1) is 39.2. The van der Waals surface area contributed by atoms with Crippen LogP contribution in [0.2, 0.25) is 0 Å². The van der Waals surface area contributed by atoms with Crippen molar-refractivity contribution >= 4 is 38.9 Å². The number of para-hydroxylation sites is 2. The summed E-state index contributed by atoms with van der Waals surface area (Å²) in [4.78, 5) is 2.46. The number of benzene rings is 11. The van der Waals surface area contributed by atoms with Gasteiger partial charge in [-0.25, -0.2) is 0 Å². The summed E-state index contributed by atoms with van der Waals surface area (Å²) in [6.07, 6.45) is 0. The van der Waals surface area contributed by atoms with Gasteiger partial charge in [-0.15, -0.1) is 0 Å². The van der Waals surface area contributed by atoms with Crippen LogP contribution in [0.25, 0.3) is 83.1 Å². The minimum absolute atomic E-state index is 0.436. The van der Waals surface area contributed by atoms with Crippen LogP contribution in [0.4, 0.5) is 17.1 Å². The van der Waals surface area contributed by atoms with Crippen LogP contribution in [0.3, 0.4) is 0 Å². The second-order valence-corrected chi connectivity index (χ2v) is 18.4. The van der Waals surface area contributed by atoms with Gasteiger partial charge in [-0.05, 0) is 127 Å². The molecule has 0 atom stereocenters. The van der Waals surface area contributed by atoms with Crippen LogP contribution in [0.5, 0.6) is 0 Å². The standard InChI is InChI=1S/C67H44N2/c1-3-17-45(18-4-1)47-31-36-50(37-32-47)68(52-40-42-59-58-25-11-16-30-65(58)69(66(59)44-52)51-38-33-48(34-39-51)46-19-5-2-6-20-46)64-29-15-10-21-53(64)49-35-41-57-56-24-9-14-28-62(56)67(63(57)43-49)60-26-12-7-22-54(60)55-23-8-13-27-61(55)67/h1-44H. The first-order valence-electron chi connectivity index (χ1n) is 23.9. The summed E-state index contributed by atoms with van der Waals surface area (Å²) in [5.41, 5.74) is 24.0. The summed E-state index contributed by atoms with van der Waals surface area (Å²) in [6, 6.07) is 98.6. The van der Waals surface area contributed by atoms with Crippen molar-refractivity contribution in [3.63, 3.8) is 0 Å². The fourth-order valence-electron chi connectivity index (χ4n) is 11.8. The van der Waals surface area contributed by atoms with Crippen LogP contribution in [0.15, 0.2) is 267 Å². The second kappa shape index (κ2) is 15.6. The van der Waals surface area contributed by atoms with E-state index in [1.54, 1.807) is 0 Å². The number of anilines is 3. The molecule has 2 aliphatic carbocycles. The Morgan fingerprint density at radius 3 is 1.35 bits per heavy atom. The Balaban J connectivity index is 0.976. The molecule has 0 unspecified atom stereocenters. The summed E-state index contributed by atoms with van der Waals surface area (Å²) in [7, 11) is 0. The Bertz CT molecular complexity index is 3870. The molecule has 2 heteroatoms. The third-order valence-electron chi connectivity index (χ3n) is 14.8. The Morgan fingerprint density at radius 1 is 0.275 bits per heavy atom. The molecule has 0 saturated carbocycles. The lowest BCUT2D eigenvalue weighted by atomic mass is 9.70. The zero-order valence-corrected chi connectivity index (χ0v) is 37.8. The summed E-state index contributed by atoms with van der Waals surface area (Å²) < 4.78 is 2.43. The van der Waals surface area contributed by atoms with Crippen LogP contribution >= 0.6 is 0 Å². The van der Waals surface area contributed by atoms with Crippen LogP contribution < -0.4 is 4.90 Å². The van der Waals surface area contributed by atoms with E-state index in [1.165, 1.54) is 88.6 Å². The number of rotatable bonds is 7. The van der Waals surface area contributed by atoms with Gasteiger partial charge >= 0.3 is 0 Å². The van der Waals surface area contributed by atoms with Crippen molar-refractivity contribution in [2.75, 3.05) is 4.90 Å². The van der Waals surface area contributed by atoms with E-state index < -0.39 is 5.41 Å². The Morgan fingerprint density at radius 2 is 0.725 bits per heavy atom. The Labute approximate surface area is 402 Å². The molecule has 322 valence electrons. The van der Waals surface area contributed by atoms with E-state index in [-0.39, 0.29) is 0 Å². The molecular weight excluding hydrogens is 833 g/mol. The third-order valence-corrected chi connectivity index (χ3v) is 14.8. The molecule has 0 fully saturated rings. The van der Waals surface area contributed by atoms with Gasteiger partial charge < -0.3 is 9.47 Å². The molecule has 12 aromatic rings. The molecule has 0 N–H and O–H groups in total. The van der Waals surface area contributed by atoms with Gasteiger partial charge in [0, 0.05) is 33.4 Å². The van der Waals surface area contributed by atoms with Crippen LogP contribution in [0.1, 0.15) is 22.3 Å². The van der Waals surface area contributed by atoms with E-state index >= 15 is 0 Å². The van der Waals surface area contributed by atoms with Gasteiger partial charge in [-0.1, -0.05) is 212 Å². The highest BCUT2D eigenvalue weighted by Crippen LogP contribution is 2.63. The molecule has 0 radical (unpaired) electrons. The maximum Gasteiger partial charge on any atom is 0.0725 e. The molecule has 0 bridgehead atoms. The number of hydrogen-bond donors (Lipinski definition) is 0. The highest BCUT2D eigenvalue weighted by molar-refractivity contribution is 6.10. The van der Waals surface area contributed by atoms with Gasteiger partial charge in [0.05, 0.1) is 22.1 Å². The molecule has 11 aromatic carbocycles. The molecular formula is C67H44N2. The summed E-state index contributed by atoms with van der Waals surface area (Å²) in [5, 5.41) is 2.45. The quantitative estimate of drug-likeness (QED) is 0.155. The molecule has 0 amide bonds. The highest BCUT2D eigenvalue weighted by atomic mass is 15.1. The number of aromatic nitrogens is 1. The normalized spacial score (nSPS) is 12.8. The zero-order valence-electron chi connectivity index (χ0n) is 37.8. The van der Waals surface area contributed by atoms with Crippen molar-refractivity contribution in [2.45, 2.75) is 5.41 Å². The highest BCUT2D eigenvalue weighted by Gasteiger charge is 2.51. The fourth-order valence-corrected chi connectivity index (χ4v) is 11.8. The van der Waals surface area contributed by atoms with Gasteiger partial charge in [-0.3, -0.25) is 0 Å². The van der Waals surface area contributed by atoms with Crippen LogP contribution in [-0.4, -0.2) is 4.57 Å². The summed E-state index contributed by atoms with van der Waals surface area (Å²) >= 11 is 0. The van der Waals surface area contributed by atoms with Crippen molar-refractivity contribution in [3.8, 4) is 61.3 Å². The van der Waals surface area contributed by atoms with E-state index in [4.69, 9.17) is 0 Å². The number of hydrogen-bond acceptors (Lipinski definition) is 1. The van der Waals surface area contributed by atoms with Gasteiger partial charge in [-0.2, -0.15) is 0 Å². The summed E-state index contributed by atoms with van der Waals surface area (Å²) in [5.74, 6) is 0.